The third-order valence-electron chi connectivity index (χ3n) is 6.01. The lowest BCUT2D eigenvalue weighted by Crippen LogP contribution is -2.53. The van der Waals surface area contributed by atoms with E-state index in [-0.39, 0.29) is 30.3 Å². The van der Waals surface area contributed by atoms with Gasteiger partial charge in [0.15, 0.2) is 0 Å². The van der Waals surface area contributed by atoms with E-state index in [1.807, 2.05) is 37.3 Å². The third-order valence-corrected chi connectivity index (χ3v) is 6.01. The van der Waals surface area contributed by atoms with Gasteiger partial charge < -0.3 is 30.3 Å². The summed E-state index contributed by atoms with van der Waals surface area (Å²) in [6, 6.07) is 12.0. The summed E-state index contributed by atoms with van der Waals surface area (Å²) in [7, 11) is 3.12. The summed E-state index contributed by atoms with van der Waals surface area (Å²) in [5.41, 5.74) is 2.62. The molecule has 2 aromatic carbocycles. The van der Waals surface area contributed by atoms with Crippen LogP contribution in [0.3, 0.4) is 0 Å². The number of aryl methyl sites for hydroxylation is 1. The zero-order chi connectivity index (χ0) is 25.4. The highest BCUT2D eigenvalue weighted by molar-refractivity contribution is 5.89. The van der Waals surface area contributed by atoms with E-state index in [1.54, 1.807) is 31.3 Å². The fourth-order valence-corrected chi connectivity index (χ4v) is 4.15. The number of carbonyl (C=O) groups is 3. The van der Waals surface area contributed by atoms with Gasteiger partial charge in [-0.2, -0.15) is 0 Å². The molecular weight excluding hydrogens is 448 g/mol. The maximum Gasteiger partial charge on any atom is 0.321 e. The van der Waals surface area contributed by atoms with Crippen molar-refractivity contribution in [1.82, 2.24) is 15.5 Å². The first-order valence-electron chi connectivity index (χ1n) is 11.7. The molecule has 1 heterocycles. The Hall–Kier alpha value is -3.75. The largest absolute Gasteiger partial charge is 0.497 e. The number of hydrogen-bond donors (Lipinski definition) is 3. The molecule has 1 unspecified atom stereocenters. The number of anilines is 1. The quantitative estimate of drug-likeness (QED) is 0.536. The number of piperidine rings is 1. The van der Waals surface area contributed by atoms with Crippen LogP contribution in [0.4, 0.5) is 10.5 Å². The Bertz CT molecular complexity index is 1050. The van der Waals surface area contributed by atoms with E-state index >= 15 is 0 Å². The number of ether oxygens (including phenoxy) is 2. The smallest absolute Gasteiger partial charge is 0.321 e. The number of amides is 4. The number of hydrogen-bond acceptors (Lipinski definition) is 5. The van der Waals surface area contributed by atoms with Crippen LogP contribution in [0.5, 0.6) is 11.5 Å². The van der Waals surface area contributed by atoms with Crippen molar-refractivity contribution in [1.29, 1.82) is 0 Å². The number of nitrogens with zero attached hydrogens (tertiary/aromatic N) is 1. The van der Waals surface area contributed by atoms with Crippen molar-refractivity contribution in [2.45, 2.75) is 45.2 Å². The first-order chi connectivity index (χ1) is 16.8. The van der Waals surface area contributed by atoms with Gasteiger partial charge in [-0.25, -0.2) is 4.79 Å². The minimum atomic E-state index is -0.752. The topological polar surface area (TPSA) is 109 Å². The lowest BCUT2D eigenvalue weighted by atomic mass is 10.0. The molecule has 0 bridgehead atoms. The van der Waals surface area contributed by atoms with Gasteiger partial charge in [0.2, 0.25) is 11.8 Å². The second-order valence-corrected chi connectivity index (χ2v) is 8.70. The van der Waals surface area contributed by atoms with Crippen molar-refractivity contribution >= 4 is 23.5 Å². The number of rotatable bonds is 8. The first kappa shape index (κ1) is 25.9. The van der Waals surface area contributed by atoms with E-state index < -0.39 is 6.04 Å². The van der Waals surface area contributed by atoms with E-state index in [4.69, 9.17) is 9.47 Å². The number of nitrogens with one attached hydrogen (secondary N) is 3. The molecule has 1 aliphatic heterocycles. The summed E-state index contributed by atoms with van der Waals surface area (Å²) in [4.78, 5) is 39.2. The minimum absolute atomic E-state index is 0.0838. The SMILES string of the molecule is COc1ccc(CC(NC(C)=O)C(=O)NC2CCN(C(=O)Nc3cccc(C)c3)CC2)c(OC)c1. The molecule has 1 saturated heterocycles. The molecule has 9 heteroatoms. The highest BCUT2D eigenvalue weighted by atomic mass is 16.5. The van der Waals surface area contributed by atoms with Gasteiger partial charge in [-0.15, -0.1) is 0 Å². The number of methoxy groups -OCH3 is 2. The van der Waals surface area contributed by atoms with Crippen LogP contribution >= 0.6 is 0 Å². The monoisotopic (exact) mass is 482 g/mol. The minimum Gasteiger partial charge on any atom is -0.497 e. The van der Waals surface area contributed by atoms with E-state index in [0.29, 0.717) is 37.4 Å². The predicted octanol–water partition coefficient (Wildman–Crippen LogP) is 2.87. The zero-order valence-electron chi connectivity index (χ0n) is 20.7. The molecule has 188 valence electrons. The molecule has 35 heavy (non-hydrogen) atoms. The molecule has 4 amide bonds. The molecule has 0 radical (unpaired) electrons. The van der Waals surface area contributed by atoms with Crippen LogP contribution in [0, 0.1) is 6.92 Å². The Balaban J connectivity index is 1.57. The lowest BCUT2D eigenvalue weighted by Gasteiger charge is -2.33. The van der Waals surface area contributed by atoms with Gasteiger partial charge in [0.25, 0.3) is 0 Å². The summed E-state index contributed by atoms with van der Waals surface area (Å²) >= 11 is 0. The van der Waals surface area contributed by atoms with E-state index in [1.165, 1.54) is 6.92 Å². The second kappa shape index (κ2) is 12.1. The predicted molar refractivity (Wildman–Crippen MR) is 134 cm³/mol. The van der Waals surface area contributed by atoms with Crippen LogP contribution in [-0.2, 0) is 16.0 Å². The Morgan fingerprint density at radius 1 is 1.06 bits per heavy atom. The normalized spacial score (nSPS) is 14.6. The summed E-state index contributed by atoms with van der Waals surface area (Å²) in [6.07, 6.45) is 1.54. The molecule has 0 aliphatic carbocycles. The Labute approximate surface area is 206 Å². The third kappa shape index (κ3) is 7.37. The molecule has 3 N–H and O–H groups in total. The van der Waals surface area contributed by atoms with Gasteiger partial charge in [0.1, 0.15) is 17.5 Å². The molecular formula is C26H34N4O5. The average Bonchev–Trinajstić information content (AvgIpc) is 2.84. The maximum absolute atomic E-state index is 13.1. The lowest BCUT2D eigenvalue weighted by molar-refractivity contribution is -0.128. The summed E-state index contributed by atoms with van der Waals surface area (Å²) in [6.45, 7) is 4.42. The van der Waals surface area contributed by atoms with E-state index in [9.17, 15) is 14.4 Å². The van der Waals surface area contributed by atoms with Crippen LogP contribution in [-0.4, -0.2) is 62.1 Å². The second-order valence-electron chi connectivity index (χ2n) is 8.70. The number of benzene rings is 2. The van der Waals surface area contributed by atoms with E-state index in [0.717, 1.165) is 16.8 Å². The fraction of sp³-hybridized carbons (Fsp3) is 0.423. The molecule has 0 saturated carbocycles. The fourth-order valence-electron chi connectivity index (χ4n) is 4.15. The Morgan fingerprint density at radius 2 is 1.80 bits per heavy atom. The molecule has 0 aromatic heterocycles. The molecule has 3 rings (SSSR count). The Morgan fingerprint density at radius 3 is 2.43 bits per heavy atom. The molecule has 1 fully saturated rings. The highest BCUT2D eigenvalue weighted by Crippen LogP contribution is 2.26. The maximum atomic E-state index is 13.1. The van der Waals surface area contributed by atoms with Gasteiger partial charge in [-0.3, -0.25) is 9.59 Å². The number of carbonyl (C=O) groups excluding carboxylic acids is 3. The molecule has 2 aromatic rings. The molecule has 9 nitrogen and oxygen atoms in total. The Kier molecular flexibility index (Phi) is 8.94. The van der Waals surface area contributed by atoms with Crippen LogP contribution < -0.4 is 25.4 Å². The standard InChI is InChI=1S/C26H34N4O5/c1-17-6-5-7-21(14-17)29-26(33)30-12-10-20(11-13-30)28-25(32)23(27-18(2)31)15-19-8-9-22(34-3)16-24(19)35-4/h5-9,14,16,20,23H,10-13,15H2,1-4H3,(H,27,31)(H,28,32)(H,29,33). The summed E-state index contributed by atoms with van der Waals surface area (Å²) in [5.74, 6) is 0.672. The number of urea groups is 1. The first-order valence-corrected chi connectivity index (χ1v) is 11.7. The van der Waals surface area contributed by atoms with Crippen molar-refractivity contribution in [3.05, 3.63) is 53.6 Å². The zero-order valence-corrected chi connectivity index (χ0v) is 20.7. The summed E-state index contributed by atoms with van der Waals surface area (Å²) < 4.78 is 10.7. The van der Waals surface area contributed by atoms with Crippen molar-refractivity contribution in [3.63, 3.8) is 0 Å². The molecule has 0 spiro atoms. The average molecular weight is 483 g/mol. The van der Waals surface area contributed by atoms with Crippen LogP contribution in [0.2, 0.25) is 0 Å². The van der Waals surface area contributed by atoms with Gasteiger partial charge in [-0.1, -0.05) is 18.2 Å². The van der Waals surface area contributed by atoms with Crippen LogP contribution in [0.25, 0.3) is 0 Å². The van der Waals surface area contributed by atoms with Gasteiger partial charge in [0, 0.05) is 44.2 Å². The van der Waals surface area contributed by atoms with E-state index in [2.05, 4.69) is 16.0 Å². The van der Waals surface area contributed by atoms with Crippen LogP contribution in [0.1, 0.15) is 30.9 Å². The van der Waals surface area contributed by atoms with Crippen LogP contribution in [0.15, 0.2) is 42.5 Å². The highest BCUT2D eigenvalue weighted by Gasteiger charge is 2.28. The molecule has 1 aliphatic rings. The van der Waals surface area contributed by atoms with Crippen molar-refractivity contribution < 1.29 is 23.9 Å². The molecule has 1 atom stereocenters. The van der Waals surface area contributed by atoms with Gasteiger partial charge >= 0.3 is 6.03 Å². The summed E-state index contributed by atoms with van der Waals surface area (Å²) in [5, 5.41) is 8.71. The van der Waals surface area contributed by atoms with Crippen molar-refractivity contribution in [2.24, 2.45) is 0 Å². The van der Waals surface area contributed by atoms with Gasteiger partial charge in [0.05, 0.1) is 14.2 Å². The van der Waals surface area contributed by atoms with Crippen molar-refractivity contribution in [2.75, 3.05) is 32.6 Å². The number of likely N-dealkylation sites (tertiary alicyclic amines) is 1. The van der Waals surface area contributed by atoms with Crippen molar-refractivity contribution in [3.8, 4) is 11.5 Å². The van der Waals surface area contributed by atoms with Gasteiger partial charge in [-0.05, 0) is 49.1 Å².